The third kappa shape index (κ3) is 9.87. The fraction of sp³-hybridized carbons (Fsp3) is 0.333. The molecule has 0 radical (unpaired) electrons. The monoisotopic (exact) mass is 445 g/mol. The molecule has 0 spiro atoms. The van der Waals surface area contributed by atoms with Gasteiger partial charge >= 0.3 is 11.9 Å². The minimum Gasteiger partial charge on any atom is -0.478 e. The van der Waals surface area contributed by atoms with E-state index in [2.05, 4.69) is 51.2 Å². The summed E-state index contributed by atoms with van der Waals surface area (Å²) in [6.07, 6.45) is 9.33. The summed E-state index contributed by atoms with van der Waals surface area (Å²) in [5, 5.41) is 32.2. The molecule has 166 valence electrons. The molecule has 9 nitrogen and oxygen atoms in total. The lowest BCUT2D eigenvalue weighted by atomic mass is 10.1. The topological polar surface area (TPSA) is 150 Å². The van der Waals surface area contributed by atoms with Crippen LogP contribution in [0.2, 0.25) is 0 Å². The molecule has 1 aromatic heterocycles. The van der Waals surface area contributed by atoms with Gasteiger partial charge in [-0.1, -0.05) is 54.5 Å². The molecule has 6 N–H and O–H groups in total. The number of aromatic nitrogens is 2. The molecule has 0 saturated carbocycles. The fourth-order valence-corrected chi connectivity index (χ4v) is 3.56. The average Bonchev–Trinajstić information content (AvgIpc) is 3.18. The van der Waals surface area contributed by atoms with Gasteiger partial charge in [0.05, 0.1) is 6.17 Å². The Kier molecular flexibility index (Phi) is 10.2. The number of carbonyl (C=O) groups is 2. The molecule has 1 unspecified atom stereocenters. The Morgan fingerprint density at radius 2 is 1.81 bits per heavy atom. The number of unbranched alkanes of at least 4 members (excludes halogenated alkanes) is 2. The minimum atomic E-state index is -1.26. The molecule has 2 aromatic rings. The Labute approximate surface area is 184 Å². The summed E-state index contributed by atoms with van der Waals surface area (Å²) < 4.78 is 0. The first-order chi connectivity index (χ1) is 14.9. The molecule has 1 aliphatic heterocycles. The van der Waals surface area contributed by atoms with Crippen LogP contribution in [-0.2, 0) is 16.0 Å². The van der Waals surface area contributed by atoms with Crippen molar-refractivity contribution in [3.8, 4) is 0 Å². The van der Waals surface area contributed by atoms with Gasteiger partial charge in [0.2, 0.25) is 5.13 Å². The number of nitrogens with one attached hydrogen (secondary N) is 2. The van der Waals surface area contributed by atoms with Crippen LogP contribution < -0.4 is 16.4 Å². The van der Waals surface area contributed by atoms with Crippen molar-refractivity contribution in [1.29, 1.82) is 0 Å². The minimum absolute atomic E-state index is 0.354. The van der Waals surface area contributed by atoms with Crippen LogP contribution in [0.1, 0.15) is 36.3 Å². The Balaban J connectivity index is 0.000000366. The van der Waals surface area contributed by atoms with Gasteiger partial charge in [0, 0.05) is 30.8 Å². The van der Waals surface area contributed by atoms with E-state index in [1.165, 1.54) is 35.4 Å². The molecule has 3 rings (SSSR count). The third-order valence-corrected chi connectivity index (χ3v) is 5.13. The van der Waals surface area contributed by atoms with Crippen LogP contribution in [0.3, 0.4) is 0 Å². The van der Waals surface area contributed by atoms with Crippen molar-refractivity contribution in [2.75, 3.05) is 12.3 Å². The number of carboxylic acid groups (broad SMARTS) is 2. The molecule has 2 heterocycles. The fourth-order valence-electron chi connectivity index (χ4n) is 2.91. The van der Waals surface area contributed by atoms with E-state index < -0.39 is 11.9 Å². The van der Waals surface area contributed by atoms with Gasteiger partial charge in [0.15, 0.2) is 0 Å². The van der Waals surface area contributed by atoms with Gasteiger partial charge in [-0.25, -0.2) is 9.59 Å². The quantitative estimate of drug-likeness (QED) is 0.290. The van der Waals surface area contributed by atoms with Crippen LogP contribution in [0.4, 0.5) is 5.13 Å². The number of aryl methyl sites for hydroxylation is 1. The second kappa shape index (κ2) is 13.1. The first kappa shape index (κ1) is 24.0. The van der Waals surface area contributed by atoms with Crippen LogP contribution in [0.25, 0.3) is 5.70 Å². The molecule has 1 aliphatic rings. The number of anilines is 1. The molecule has 1 aromatic carbocycles. The maximum Gasteiger partial charge on any atom is 0.328 e. The van der Waals surface area contributed by atoms with Gasteiger partial charge in [-0.05, 0) is 24.5 Å². The van der Waals surface area contributed by atoms with E-state index in [9.17, 15) is 9.59 Å². The van der Waals surface area contributed by atoms with Crippen molar-refractivity contribution in [2.45, 2.75) is 38.3 Å². The number of nitrogen functional groups attached to an aromatic ring is 1. The molecule has 0 amide bonds. The van der Waals surface area contributed by atoms with Crippen LogP contribution in [0.15, 0.2) is 48.6 Å². The third-order valence-electron chi connectivity index (χ3n) is 4.32. The van der Waals surface area contributed by atoms with Crippen molar-refractivity contribution in [2.24, 2.45) is 0 Å². The molecule has 0 fully saturated rings. The second-order valence-electron chi connectivity index (χ2n) is 6.73. The van der Waals surface area contributed by atoms with Gasteiger partial charge in [-0.2, -0.15) is 0 Å². The summed E-state index contributed by atoms with van der Waals surface area (Å²) >= 11 is 1.50. The maximum atomic E-state index is 9.55. The highest BCUT2D eigenvalue weighted by Gasteiger charge is 2.14. The summed E-state index contributed by atoms with van der Waals surface area (Å²) in [5.41, 5.74) is 8.08. The zero-order valence-corrected chi connectivity index (χ0v) is 17.8. The maximum absolute atomic E-state index is 9.55. The highest BCUT2D eigenvalue weighted by atomic mass is 32.1. The number of hydrogen-bond donors (Lipinski definition) is 5. The van der Waals surface area contributed by atoms with Gasteiger partial charge in [-0.15, -0.1) is 10.2 Å². The zero-order chi connectivity index (χ0) is 22.5. The van der Waals surface area contributed by atoms with E-state index >= 15 is 0 Å². The van der Waals surface area contributed by atoms with Crippen LogP contribution in [-0.4, -0.2) is 45.1 Å². The number of carboxylic acids is 2. The SMILES string of the molecule is Nc1nnc(CCCCCC2NCC=C(c3ccccc3)N2)s1.O=C(O)/C=C/C(=O)O. The van der Waals surface area contributed by atoms with E-state index in [4.69, 9.17) is 15.9 Å². The number of rotatable bonds is 9. The van der Waals surface area contributed by atoms with Crippen molar-refractivity contribution >= 4 is 34.1 Å². The standard InChI is InChI=1S/C17H23N5S.C4H4O4/c18-17-22-21-16(23-17)10-6-2-5-9-15-19-12-11-14(20-15)13-7-3-1-4-8-13;5-3(6)1-2-4(7)8/h1,3-4,7-8,11,15,19-20H,2,5-6,9-10,12H2,(H2,18,22);1-2H,(H,5,6)(H,7,8)/b;2-1+. The number of nitrogens with zero attached hydrogens (tertiary/aromatic N) is 2. The van der Waals surface area contributed by atoms with E-state index in [0.717, 1.165) is 30.8 Å². The average molecular weight is 446 g/mol. The highest BCUT2D eigenvalue weighted by Crippen LogP contribution is 2.17. The zero-order valence-electron chi connectivity index (χ0n) is 17.0. The molecule has 0 aliphatic carbocycles. The normalized spacial score (nSPS) is 15.5. The predicted molar refractivity (Wildman–Crippen MR) is 120 cm³/mol. The molecular formula is C21H27N5O4S. The van der Waals surface area contributed by atoms with Crippen LogP contribution in [0.5, 0.6) is 0 Å². The van der Waals surface area contributed by atoms with Gasteiger partial charge < -0.3 is 21.3 Å². The Hall–Kier alpha value is -3.24. The van der Waals surface area contributed by atoms with Crippen molar-refractivity contribution in [3.63, 3.8) is 0 Å². The van der Waals surface area contributed by atoms with Gasteiger partial charge in [-0.3, -0.25) is 5.32 Å². The van der Waals surface area contributed by atoms with Crippen molar-refractivity contribution in [3.05, 3.63) is 59.1 Å². The summed E-state index contributed by atoms with van der Waals surface area (Å²) in [5.74, 6) is -2.51. The lowest BCUT2D eigenvalue weighted by Gasteiger charge is -2.27. The van der Waals surface area contributed by atoms with Gasteiger partial charge in [0.1, 0.15) is 5.01 Å². The van der Waals surface area contributed by atoms with Crippen molar-refractivity contribution in [1.82, 2.24) is 20.8 Å². The van der Waals surface area contributed by atoms with E-state index in [0.29, 0.717) is 23.4 Å². The lowest BCUT2D eigenvalue weighted by Crippen LogP contribution is -2.44. The molecule has 0 saturated heterocycles. The number of hydrogen-bond acceptors (Lipinski definition) is 8. The molecule has 0 bridgehead atoms. The first-order valence-corrected chi connectivity index (χ1v) is 10.7. The summed E-state index contributed by atoms with van der Waals surface area (Å²) in [6.45, 7) is 0.923. The number of aliphatic carboxylic acids is 2. The molecule has 10 heteroatoms. The summed E-state index contributed by atoms with van der Waals surface area (Å²) in [7, 11) is 0. The summed E-state index contributed by atoms with van der Waals surface area (Å²) in [4.78, 5) is 19.1. The first-order valence-electron chi connectivity index (χ1n) is 9.91. The number of benzene rings is 1. The highest BCUT2D eigenvalue weighted by molar-refractivity contribution is 7.15. The van der Waals surface area contributed by atoms with Crippen LogP contribution in [0, 0.1) is 0 Å². The Bertz CT molecular complexity index is 882. The molecule has 31 heavy (non-hydrogen) atoms. The Morgan fingerprint density at radius 1 is 1.10 bits per heavy atom. The smallest absolute Gasteiger partial charge is 0.328 e. The van der Waals surface area contributed by atoms with Crippen molar-refractivity contribution < 1.29 is 19.8 Å². The molecular weight excluding hydrogens is 418 g/mol. The van der Waals surface area contributed by atoms with E-state index in [1.54, 1.807) is 0 Å². The summed E-state index contributed by atoms with van der Waals surface area (Å²) in [6, 6.07) is 10.5. The largest absolute Gasteiger partial charge is 0.478 e. The second-order valence-corrected chi connectivity index (χ2v) is 7.83. The number of nitrogens with two attached hydrogens (primary N) is 1. The lowest BCUT2D eigenvalue weighted by molar-refractivity contribution is -0.134. The van der Waals surface area contributed by atoms with Crippen LogP contribution >= 0.6 is 11.3 Å². The van der Waals surface area contributed by atoms with E-state index in [1.807, 2.05) is 6.07 Å². The molecule has 1 atom stereocenters. The predicted octanol–water partition coefficient (Wildman–Crippen LogP) is 2.50. The Morgan fingerprint density at radius 3 is 2.42 bits per heavy atom. The van der Waals surface area contributed by atoms with E-state index in [-0.39, 0.29) is 0 Å². The van der Waals surface area contributed by atoms with Gasteiger partial charge in [0.25, 0.3) is 0 Å².